The third-order valence-corrected chi connectivity index (χ3v) is 4.89. The number of nitrogens with zero attached hydrogens (tertiary/aromatic N) is 2. The Morgan fingerprint density at radius 2 is 2.24 bits per heavy atom. The molecule has 120 valence electrons. The van der Waals surface area contributed by atoms with Gasteiger partial charge in [-0.2, -0.15) is 0 Å². The molecule has 2 unspecified atom stereocenters. The summed E-state index contributed by atoms with van der Waals surface area (Å²) >= 11 is 1.74. The van der Waals surface area contributed by atoms with E-state index in [4.69, 9.17) is 4.74 Å². The van der Waals surface area contributed by atoms with Crippen molar-refractivity contribution in [3.63, 3.8) is 0 Å². The van der Waals surface area contributed by atoms with Gasteiger partial charge in [0, 0.05) is 56.3 Å². The Bertz CT molecular complexity index is 428. The van der Waals surface area contributed by atoms with E-state index in [1.807, 2.05) is 6.20 Å². The summed E-state index contributed by atoms with van der Waals surface area (Å²) in [6.45, 7) is 6.73. The lowest BCUT2D eigenvalue weighted by atomic mass is 10.1. The number of anilines is 1. The number of aliphatic hydroxyl groups excluding tert-OH is 1. The molecule has 3 heterocycles. The van der Waals surface area contributed by atoms with Crippen LogP contribution in [0.4, 0.5) is 5.13 Å². The maximum Gasteiger partial charge on any atom is 0.185 e. The quantitative estimate of drug-likeness (QED) is 0.708. The first-order valence-corrected chi connectivity index (χ1v) is 8.01. The highest BCUT2D eigenvalue weighted by molar-refractivity contribution is 7.15. The van der Waals surface area contributed by atoms with E-state index in [2.05, 4.69) is 20.5 Å². The largest absolute Gasteiger partial charge is 0.391 e. The van der Waals surface area contributed by atoms with E-state index in [1.165, 1.54) is 4.88 Å². The van der Waals surface area contributed by atoms with Crippen LogP contribution in [0, 0.1) is 5.92 Å². The summed E-state index contributed by atoms with van der Waals surface area (Å²) in [7, 11) is 0. The molecule has 2 fully saturated rings. The first-order valence-electron chi connectivity index (χ1n) is 7.20. The zero-order valence-corrected chi connectivity index (χ0v) is 13.6. The molecule has 0 amide bonds. The van der Waals surface area contributed by atoms with E-state index in [1.54, 1.807) is 11.3 Å². The average molecular weight is 335 g/mol. The number of halogens is 1. The molecule has 0 bridgehead atoms. The normalized spacial score (nSPS) is 25.9. The predicted molar refractivity (Wildman–Crippen MR) is 86.5 cm³/mol. The van der Waals surface area contributed by atoms with Gasteiger partial charge < -0.3 is 25.4 Å². The van der Waals surface area contributed by atoms with Crippen LogP contribution >= 0.6 is 23.7 Å². The van der Waals surface area contributed by atoms with Gasteiger partial charge in [-0.1, -0.05) is 0 Å². The maximum absolute atomic E-state index is 9.73. The van der Waals surface area contributed by atoms with Crippen LogP contribution in [0.15, 0.2) is 6.20 Å². The van der Waals surface area contributed by atoms with Crippen molar-refractivity contribution in [2.45, 2.75) is 12.6 Å². The van der Waals surface area contributed by atoms with E-state index in [0.29, 0.717) is 12.5 Å². The Hall–Kier alpha value is -0.440. The Balaban J connectivity index is 0.00000161. The van der Waals surface area contributed by atoms with Gasteiger partial charge in [0.15, 0.2) is 5.13 Å². The standard InChI is InChI=1S/C13H22N4O2S.ClH/c18-12-9-15-6-10(12)5-14-7-11-8-16-13(20-11)17-1-3-19-4-2-17;/h8,10,12,14-15,18H,1-7,9H2;1H. The van der Waals surface area contributed by atoms with E-state index in [9.17, 15) is 5.11 Å². The lowest BCUT2D eigenvalue weighted by Gasteiger charge is -2.25. The summed E-state index contributed by atoms with van der Waals surface area (Å²) in [5.41, 5.74) is 0. The second-order valence-corrected chi connectivity index (χ2v) is 6.42. The van der Waals surface area contributed by atoms with Crippen LogP contribution < -0.4 is 15.5 Å². The van der Waals surface area contributed by atoms with Gasteiger partial charge in [-0.15, -0.1) is 23.7 Å². The minimum atomic E-state index is -0.215. The van der Waals surface area contributed by atoms with Gasteiger partial charge in [0.2, 0.25) is 0 Å². The van der Waals surface area contributed by atoms with Gasteiger partial charge in [0.25, 0.3) is 0 Å². The fourth-order valence-corrected chi connectivity index (χ4v) is 3.52. The molecule has 0 saturated carbocycles. The van der Waals surface area contributed by atoms with Gasteiger partial charge in [-0.05, 0) is 0 Å². The van der Waals surface area contributed by atoms with E-state index < -0.39 is 0 Å². The van der Waals surface area contributed by atoms with Crippen LogP contribution in [0.1, 0.15) is 4.88 Å². The van der Waals surface area contributed by atoms with Gasteiger partial charge in [-0.3, -0.25) is 0 Å². The molecule has 2 aliphatic heterocycles. The molecular weight excluding hydrogens is 312 g/mol. The molecule has 3 N–H and O–H groups in total. The third-order valence-electron chi connectivity index (χ3n) is 3.83. The first-order chi connectivity index (χ1) is 9.83. The summed E-state index contributed by atoms with van der Waals surface area (Å²) in [4.78, 5) is 8.02. The fourth-order valence-electron chi connectivity index (χ4n) is 2.59. The zero-order chi connectivity index (χ0) is 13.8. The third kappa shape index (κ3) is 4.51. The molecule has 1 aromatic rings. The van der Waals surface area contributed by atoms with E-state index in [-0.39, 0.29) is 18.5 Å². The van der Waals surface area contributed by atoms with Gasteiger partial charge >= 0.3 is 0 Å². The average Bonchev–Trinajstić information content (AvgIpc) is 3.10. The fraction of sp³-hybridized carbons (Fsp3) is 0.769. The SMILES string of the molecule is Cl.OC1CNCC1CNCc1cnc(N2CCOCC2)s1. The Morgan fingerprint density at radius 1 is 1.43 bits per heavy atom. The number of aromatic nitrogens is 1. The maximum atomic E-state index is 9.73. The van der Waals surface area contributed by atoms with Crippen LogP contribution in [0.2, 0.25) is 0 Å². The van der Waals surface area contributed by atoms with Gasteiger partial charge in [0.05, 0.1) is 19.3 Å². The molecule has 8 heteroatoms. The van der Waals surface area contributed by atoms with Crippen LogP contribution in [0.3, 0.4) is 0 Å². The van der Waals surface area contributed by atoms with Crippen LogP contribution in [-0.2, 0) is 11.3 Å². The number of hydrogen-bond donors (Lipinski definition) is 3. The Kier molecular flexibility index (Phi) is 6.66. The topological polar surface area (TPSA) is 69.7 Å². The first kappa shape index (κ1) is 16.9. The van der Waals surface area contributed by atoms with Crippen molar-refractivity contribution in [3.8, 4) is 0 Å². The van der Waals surface area contributed by atoms with Crippen LogP contribution in [-0.4, -0.2) is 62.1 Å². The summed E-state index contributed by atoms with van der Waals surface area (Å²) in [5.74, 6) is 0.321. The molecule has 21 heavy (non-hydrogen) atoms. The number of thiazole rings is 1. The molecule has 3 rings (SSSR count). The minimum absolute atomic E-state index is 0. The molecule has 6 nitrogen and oxygen atoms in total. The second-order valence-electron chi connectivity index (χ2n) is 5.33. The molecule has 2 saturated heterocycles. The van der Waals surface area contributed by atoms with Crippen LogP contribution in [0.5, 0.6) is 0 Å². The number of β-amino-alcohol motifs (C(OH)–C–C–N with tert-alkyl or cyclic N) is 1. The number of hydrogen-bond acceptors (Lipinski definition) is 7. The predicted octanol–water partition coefficient (Wildman–Crippen LogP) is 0.0714. The molecular formula is C13H23ClN4O2S. The smallest absolute Gasteiger partial charge is 0.185 e. The van der Waals surface area contributed by atoms with Crippen molar-refractivity contribution in [1.82, 2.24) is 15.6 Å². The number of aliphatic hydroxyl groups is 1. The molecule has 0 spiro atoms. The number of ether oxygens (including phenoxy) is 1. The molecule has 2 atom stereocenters. The monoisotopic (exact) mass is 334 g/mol. The molecule has 0 radical (unpaired) electrons. The Labute approximate surface area is 135 Å². The van der Waals surface area contributed by atoms with Crippen molar-refractivity contribution in [1.29, 1.82) is 0 Å². The van der Waals surface area contributed by atoms with Crippen LogP contribution in [0.25, 0.3) is 0 Å². The molecule has 2 aliphatic rings. The minimum Gasteiger partial charge on any atom is -0.391 e. The molecule has 1 aromatic heterocycles. The highest BCUT2D eigenvalue weighted by Crippen LogP contribution is 2.23. The van der Waals surface area contributed by atoms with E-state index in [0.717, 1.165) is 51.1 Å². The summed E-state index contributed by atoms with van der Waals surface area (Å²) in [6.07, 6.45) is 1.74. The molecule has 0 aliphatic carbocycles. The zero-order valence-electron chi connectivity index (χ0n) is 12.0. The highest BCUT2D eigenvalue weighted by atomic mass is 35.5. The molecule has 0 aromatic carbocycles. The van der Waals surface area contributed by atoms with Gasteiger partial charge in [-0.25, -0.2) is 4.98 Å². The second kappa shape index (κ2) is 8.26. The van der Waals surface area contributed by atoms with Crippen molar-refractivity contribution < 1.29 is 9.84 Å². The highest BCUT2D eigenvalue weighted by Gasteiger charge is 2.24. The van der Waals surface area contributed by atoms with Crippen molar-refractivity contribution in [2.75, 3.05) is 50.8 Å². The lowest BCUT2D eigenvalue weighted by Crippen LogP contribution is -2.36. The number of morpholine rings is 1. The number of rotatable bonds is 5. The van der Waals surface area contributed by atoms with Crippen molar-refractivity contribution in [3.05, 3.63) is 11.1 Å². The van der Waals surface area contributed by atoms with Crippen molar-refractivity contribution >= 4 is 28.9 Å². The number of nitrogens with one attached hydrogen (secondary N) is 2. The van der Waals surface area contributed by atoms with Crippen molar-refractivity contribution in [2.24, 2.45) is 5.92 Å². The summed E-state index contributed by atoms with van der Waals surface area (Å²) in [6, 6.07) is 0. The summed E-state index contributed by atoms with van der Waals surface area (Å²) in [5, 5.41) is 17.4. The van der Waals surface area contributed by atoms with E-state index >= 15 is 0 Å². The summed E-state index contributed by atoms with van der Waals surface area (Å²) < 4.78 is 5.35. The Morgan fingerprint density at radius 3 is 2.95 bits per heavy atom. The lowest BCUT2D eigenvalue weighted by molar-refractivity contribution is 0.122. The van der Waals surface area contributed by atoms with Gasteiger partial charge in [0.1, 0.15) is 0 Å².